The van der Waals surface area contributed by atoms with E-state index in [9.17, 15) is 22.4 Å². The molecule has 1 aromatic carbocycles. The van der Waals surface area contributed by atoms with Gasteiger partial charge in [-0.1, -0.05) is 13.8 Å². The highest BCUT2D eigenvalue weighted by Crippen LogP contribution is 2.29. The van der Waals surface area contributed by atoms with E-state index in [4.69, 9.17) is 0 Å². The number of benzene rings is 1. The van der Waals surface area contributed by atoms with Crippen LogP contribution in [0.5, 0.6) is 0 Å². The van der Waals surface area contributed by atoms with Crippen LogP contribution in [0.1, 0.15) is 26.7 Å². The van der Waals surface area contributed by atoms with Crippen LogP contribution in [-0.2, 0) is 14.8 Å². The summed E-state index contributed by atoms with van der Waals surface area (Å²) in [6.07, 6.45) is 1.31. The van der Waals surface area contributed by atoms with Gasteiger partial charge in [-0.2, -0.15) is 4.31 Å². The van der Waals surface area contributed by atoms with Gasteiger partial charge >= 0.3 is 6.03 Å². The molecule has 0 saturated carbocycles. The molecule has 0 bridgehead atoms. The van der Waals surface area contributed by atoms with Crippen LogP contribution in [0.2, 0.25) is 0 Å². The van der Waals surface area contributed by atoms with Crippen LogP contribution in [-0.4, -0.2) is 55.7 Å². The number of carbonyl (C=O) groups is 2. The standard InChI is InChI=1S/C21H27FN4O4S2/c1-3-26(4-2)32(29,30)19-12-11-18(31-19)24-21(28)25-13-5-6-15(14-25)20(27)23-17-9-7-16(22)8-10-17/h7-12,15H,3-6,13-14H2,1-2H3,(H,23,27)(H,24,28). The van der Waals surface area contributed by atoms with E-state index < -0.39 is 10.0 Å². The first kappa shape index (κ1) is 24.1. The Labute approximate surface area is 191 Å². The molecule has 11 heteroatoms. The van der Waals surface area contributed by atoms with Crippen molar-refractivity contribution in [3.05, 3.63) is 42.2 Å². The minimum Gasteiger partial charge on any atom is -0.326 e. The number of nitrogens with zero attached hydrogens (tertiary/aromatic N) is 2. The van der Waals surface area contributed by atoms with Crippen molar-refractivity contribution in [3.8, 4) is 0 Å². The third-order valence-corrected chi connectivity index (χ3v) is 8.82. The molecule has 3 amide bonds. The van der Waals surface area contributed by atoms with E-state index in [1.54, 1.807) is 24.8 Å². The number of sulfonamides is 1. The SMILES string of the molecule is CCN(CC)S(=O)(=O)c1ccc(NC(=O)N2CCCC(C(=O)Nc3ccc(F)cc3)C2)s1. The number of piperidine rings is 1. The zero-order valence-electron chi connectivity index (χ0n) is 18.0. The van der Waals surface area contributed by atoms with Gasteiger partial charge in [-0.15, -0.1) is 11.3 Å². The third kappa shape index (κ3) is 5.64. The molecule has 1 aliphatic heterocycles. The Balaban J connectivity index is 1.60. The maximum absolute atomic E-state index is 13.0. The number of hydrogen-bond donors (Lipinski definition) is 2. The lowest BCUT2D eigenvalue weighted by atomic mass is 9.97. The maximum Gasteiger partial charge on any atom is 0.322 e. The number of carbonyl (C=O) groups excluding carboxylic acids is 2. The lowest BCUT2D eigenvalue weighted by molar-refractivity contribution is -0.121. The van der Waals surface area contributed by atoms with Crippen molar-refractivity contribution in [2.45, 2.75) is 30.9 Å². The van der Waals surface area contributed by atoms with Crippen molar-refractivity contribution >= 4 is 44.0 Å². The van der Waals surface area contributed by atoms with Gasteiger partial charge < -0.3 is 10.2 Å². The molecule has 2 N–H and O–H groups in total. The first-order valence-electron chi connectivity index (χ1n) is 10.5. The molecule has 1 aliphatic rings. The fourth-order valence-electron chi connectivity index (χ4n) is 3.55. The summed E-state index contributed by atoms with van der Waals surface area (Å²) >= 11 is 1.00. The number of thiophene rings is 1. The number of nitrogens with one attached hydrogen (secondary N) is 2. The van der Waals surface area contributed by atoms with Crippen molar-refractivity contribution in [3.63, 3.8) is 0 Å². The van der Waals surface area contributed by atoms with E-state index in [1.807, 2.05) is 0 Å². The Morgan fingerprint density at radius 2 is 1.81 bits per heavy atom. The van der Waals surface area contributed by atoms with Crippen LogP contribution >= 0.6 is 11.3 Å². The number of urea groups is 1. The number of likely N-dealkylation sites (tertiary alicyclic amines) is 1. The quantitative estimate of drug-likeness (QED) is 0.627. The van der Waals surface area contributed by atoms with Crippen LogP contribution in [0, 0.1) is 11.7 Å². The predicted octanol–water partition coefficient (Wildman–Crippen LogP) is 3.80. The first-order chi connectivity index (χ1) is 15.2. The van der Waals surface area contributed by atoms with Gasteiger partial charge in [-0.05, 0) is 49.2 Å². The van der Waals surface area contributed by atoms with Gasteiger partial charge in [0.05, 0.1) is 10.9 Å². The van der Waals surface area contributed by atoms with E-state index in [1.165, 1.54) is 34.6 Å². The lowest BCUT2D eigenvalue weighted by Crippen LogP contribution is -2.45. The molecule has 0 radical (unpaired) electrons. The number of amides is 3. The molecule has 2 aromatic rings. The van der Waals surface area contributed by atoms with Gasteiger partial charge in [0, 0.05) is 31.9 Å². The summed E-state index contributed by atoms with van der Waals surface area (Å²) in [5.41, 5.74) is 0.499. The van der Waals surface area contributed by atoms with Gasteiger partial charge in [0.15, 0.2) is 0 Å². The fourth-order valence-corrected chi connectivity index (χ4v) is 6.36. The maximum atomic E-state index is 13.0. The molecule has 2 heterocycles. The molecule has 1 aromatic heterocycles. The molecule has 1 fully saturated rings. The Kier molecular flexibility index (Phi) is 7.86. The largest absolute Gasteiger partial charge is 0.326 e. The molecule has 1 saturated heterocycles. The molecule has 8 nitrogen and oxygen atoms in total. The zero-order chi connectivity index (χ0) is 23.3. The Morgan fingerprint density at radius 3 is 2.47 bits per heavy atom. The Hall–Kier alpha value is -2.50. The number of anilines is 2. The Morgan fingerprint density at radius 1 is 1.12 bits per heavy atom. The van der Waals surface area contributed by atoms with E-state index >= 15 is 0 Å². The van der Waals surface area contributed by atoms with E-state index in [-0.39, 0.29) is 34.4 Å². The minimum atomic E-state index is -3.58. The van der Waals surface area contributed by atoms with Crippen molar-refractivity contribution in [2.75, 3.05) is 36.8 Å². The van der Waals surface area contributed by atoms with Gasteiger partial charge in [-0.25, -0.2) is 17.6 Å². The topological polar surface area (TPSA) is 98.8 Å². The van der Waals surface area contributed by atoms with E-state index in [0.717, 1.165) is 11.3 Å². The van der Waals surface area contributed by atoms with Crippen molar-refractivity contribution < 1.29 is 22.4 Å². The summed E-state index contributed by atoms with van der Waals surface area (Å²) in [5, 5.41) is 5.93. The van der Waals surface area contributed by atoms with Crippen LogP contribution < -0.4 is 10.6 Å². The summed E-state index contributed by atoms with van der Waals surface area (Å²) in [6.45, 7) is 5.03. The van der Waals surface area contributed by atoms with Gasteiger partial charge in [0.1, 0.15) is 10.0 Å². The first-order valence-corrected chi connectivity index (χ1v) is 12.7. The highest BCUT2D eigenvalue weighted by molar-refractivity contribution is 7.91. The average Bonchev–Trinajstić information content (AvgIpc) is 3.25. The summed E-state index contributed by atoms with van der Waals surface area (Å²) < 4.78 is 39.8. The normalized spacial score (nSPS) is 16.8. The molecule has 1 atom stereocenters. The van der Waals surface area contributed by atoms with Gasteiger partial charge in [0.2, 0.25) is 5.91 Å². The fraction of sp³-hybridized carbons (Fsp3) is 0.429. The van der Waals surface area contributed by atoms with Gasteiger partial charge in [0.25, 0.3) is 10.0 Å². The van der Waals surface area contributed by atoms with E-state index in [2.05, 4.69) is 10.6 Å². The highest BCUT2D eigenvalue weighted by atomic mass is 32.2. The smallest absolute Gasteiger partial charge is 0.322 e. The van der Waals surface area contributed by atoms with Crippen molar-refractivity contribution in [2.24, 2.45) is 5.92 Å². The monoisotopic (exact) mass is 482 g/mol. The van der Waals surface area contributed by atoms with Gasteiger partial charge in [-0.3, -0.25) is 10.1 Å². The van der Waals surface area contributed by atoms with Crippen molar-refractivity contribution in [1.29, 1.82) is 0 Å². The molecule has 0 spiro atoms. The summed E-state index contributed by atoms with van der Waals surface area (Å²) in [5.74, 6) is -0.996. The molecular weight excluding hydrogens is 455 g/mol. The summed E-state index contributed by atoms with van der Waals surface area (Å²) in [4.78, 5) is 26.9. The van der Waals surface area contributed by atoms with Crippen LogP contribution in [0.25, 0.3) is 0 Å². The molecule has 3 rings (SSSR count). The van der Waals surface area contributed by atoms with Crippen molar-refractivity contribution in [1.82, 2.24) is 9.21 Å². The molecule has 174 valence electrons. The van der Waals surface area contributed by atoms with Crippen LogP contribution in [0.15, 0.2) is 40.6 Å². The summed E-state index contributed by atoms with van der Waals surface area (Å²) in [7, 11) is -3.58. The molecule has 1 unspecified atom stereocenters. The molecule has 0 aliphatic carbocycles. The van der Waals surface area contributed by atoms with Crippen LogP contribution in [0.3, 0.4) is 0 Å². The molecule has 32 heavy (non-hydrogen) atoms. The lowest BCUT2D eigenvalue weighted by Gasteiger charge is -2.31. The van der Waals surface area contributed by atoms with Crippen LogP contribution in [0.4, 0.5) is 19.9 Å². The molecular formula is C21H27FN4O4S2. The second-order valence-electron chi connectivity index (χ2n) is 7.42. The Bertz CT molecular complexity index is 1050. The number of halogens is 1. The summed E-state index contributed by atoms with van der Waals surface area (Å²) in [6, 6.07) is 8.20. The predicted molar refractivity (Wildman–Crippen MR) is 123 cm³/mol. The highest BCUT2D eigenvalue weighted by Gasteiger charge is 2.29. The average molecular weight is 483 g/mol. The minimum absolute atomic E-state index is 0.173. The second-order valence-corrected chi connectivity index (χ2v) is 10.7. The zero-order valence-corrected chi connectivity index (χ0v) is 19.6. The third-order valence-electron chi connectivity index (χ3n) is 5.30. The number of hydrogen-bond acceptors (Lipinski definition) is 5. The van der Waals surface area contributed by atoms with E-state index in [0.29, 0.717) is 43.2 Å². The second kappa shape index (κ2) is 10.4. The number of rotatable bonds is 7.